The van der Waals surface area contributed by atoms with Crippen molar-refractivity contribution >= 4 is 17.2 Å². The van der Waals surface area contributed by atoms with Crippen molar-refractivity contribution in [3.63, 3.8) is 0 Å². The van der Waals surface area contributed by atoms with Gasteiger partial charge in [0.2, 0.25) is 0 Å². The number of aromatic nitrogens is 3. The molecule has 1 fully saturated rings. The van der Waals surface area contributed by atoms with Crippen molar-refractivity contribution in [2.75, 3.05) is 37.6 Å². The normalized spacial score (nSPS) is 16.7. The molecular weight excluding hydrogens is 380 g/mol. The van der Waals surface area contributed by atoms with Crippen LogP contribution in [0.2, 0.25) is 0 Å². The summed E-state index contributed by atoms with van der Waals surface area (Å²) in [7, 11) is 0. The standard InChI is InChI=1S/C22H26N6O2/c1-2-27-19-8-9-23-14-17(19)22(30)28-20(27)18(15-24-28)21(29)26-12-10-25(11-13-26)16-6-4-3-5-7-16/h3-7,15,23H,2,8-14H2,1H3. The predicted octanol–water partition coefficient (Wildman–Crippen LogP) is 1.12. The number of fused-ring (bicyclic) bond motifs is 2. The van der Waals surface area contributed by atoms with Crippen molar-refractivity contribution in [3.05, 3.63) is 63.7 Å². The Morgan fingerprint density at radius 1 is 1.13 bits per heavy atom. The summed E-state index contributed by atoms with van der Waals surface area (Å²) in [6.45, 7) is 7.00. The fourth-order valence-corrected chi connectivity index (χ4v) is 4.64. The lowest BCUT2D eigenvalue weighted by atomic mass is 10.1. The summed E-state index contributed by atoms with van der Waals surface area (Å²) in [6, 6.07) is 10.3. The molecule has 1 amide bonds. The third kappa shape index (κ3) is 2.99. The Balaban J connectivity index is 1.46. The molecule has 0 saturated carbocycles. The molecule has 8 nitrogen and oxygen atoms in total. The van der Waals surface area contributed by atoms with Gasteiger partial charge in [-0.15, -0.1) is 0 Å². The van der Waals surface area contributed by atoms with Crippen molar-refractivity contribution in [1.29, 1.82) is 0 Å². The summed E-state index contributed by atoms with van der Waals surface area (Å²) in [5.41, 5.74) is 3.99. The average Bonchev–Trinajstić information content (AvgIpc) is 3.25. The summed E-state index contributed by atoms with van der Waals surface area (Å²) in [5, 5.41) is 7.57. The smallest absolute Gasteiger partial charge is 0.279 e. The van der Waals surface area contributed by atoms with Gasteiger partial charge in [0, 0.05) is 63.6 Å². The largest absolute Gasteiger partial charge is 0.368 e. The molecule has 0 bridgehead atoms. The lowest BCUT2D eigenvalue weighted by molar-refractivity contribution is 0.0748. The molecule has 1 aromatic carbocycles. The third-order valence-electron chi connectivity index (χ3n) is 6.20. The molecule has 2 aliphatic rings. The van der Waals surface area contributed by atoms with Gasteiger partial charge in [-0.05, 0) is 19.1 Å². The fraction of sp³-hybridized carbons (Fsp3) is 0.409. The monoisotopic (exact) mass is 406 g/mol. The number of hydrogen-bond acceptors (Lipinski definition) is 5. The zero-order chi connectivity index (χ0) is 20.7. The molecule has 5 rings (SSSR count). The van der Waals surface area contributed by atoms with Gasteiger partial charge < -0.3 is 19.7 Å². The number of carbonyl (C=O) groups excluding carboxylic acids is 1. The Morgan fingerprint density at radius 3 is 2.63 bits per heavy atom. The number of nitrogens with one attached hydrogen (secondary N) is 1. The molecule has 30 heavy (non-hydrogen) atoms. The first-order valence-electron chi connectivity index (χ1n) is 10.6. The quantitative estimate of drug-likeness (QED) is 0.706. The summed E-state index contributed by atoms with van der Waals surface area (Å²) >= 11 is 0. The van der Waals surface area contributed by atoms with Crippen LogP contribution in [0.4, 0.5) is 5.69 Å². The number of nitrogens with zero attached hydrogens (tertiary/aromatic N) is 5. The Morgan fingerprint density at radius 2 is 1.90 bits per heavy atom. The van der Waals surface area contributed by atoms with Crippen LogP contribution in [0.25, 0.3) is 5.65 Å². The minimum absolute atomic E-state index is 0.0480. The number of aryl methyl sites for hydroxylation is 1. The van der Waals surface area contributed by atoms with E-state index in [0.717, 1.165) is 37.3 Å². The summed E-state index contributed by atoms with van der Waals surface area (Å²) in [5.74, 6) is -0.0480. The van der Waals surface area contributed by atoms with Crippen LogP contribution in [0.15, 0.2) is 41.3 Å². The molecule has 0 atom stereocenters. The van der Waals surface area contributed by atoms with Crippen LogP contribution < -0.4 is 15.8 Å². The number of hydrogen-bond donors (Lipinski definition) is 1. The zero-order valence-corrected chi connectivity index (χ0v) is 17.2. The first-order chi connectivity index (χ1) is 14.7. The number of rotatable bonds is 3. The molecule has 1 saturated heterocycles. The molecule has 0 spiro atoms. The van der Waals surface area contributed by atoms with E-state index in [1.165, 1.54) is 10.2 Å². The van der Waals surface area contributed by atoms with Crippen LogP contribution >= 0.6 is 0 Å². The van der Waals surface area contributed by atoms with Crippen LogP contribution in [0, 0.1) is 0 Å². The number of carbonyl (C=O) groups is 1. The second kappa shape index (κ2) is 7.60. The molecule has 2 aromatic heterocycles. The van der Waals surface area contributed by atoms with Crippen LogP contribution in [0.5, 0.6) is 0 Å². The fourth-order valence-electron chi connectivity index (χ4n) is 4.64. The van der Waals surface area contributed by atoms with Gasteiger partial charge in [-0.2, -0.15) is 9.61 Å². The van der Waals surface area contributed by atoms with Crippen molar-refractivity contribution in [2.45, 2.75) is 26.4 Å². The Kier molecular flexibility index (Phi) is 4.78. The van der Waals surface area contributed by atoms with E-state index in [-0.39, 0.29) is 11.5 Å². The topological polar surface area (TPSA) is 74.9 Å². The molecule has 0 radical (unpaired) electrons. The summed E-state index contributed by atoms with van der Waals surface area (Å²) in [4.78, 5) is 30.5. The number of benzene rings is 1. The number of para-hydroxylation sites is 1. The van der Waals surface area contributed by atoms with E-state index in [4.69, 9.17) is 0 Å². The molecular formula is C22H26N6O2. The molecule has 8 heteroatoms. The lowest BCUT2D eigenvalue weighted by Crippen LogP contribution is -2.49. The maximum atomic E-state index is 13.4. The van der Waals surface area contributed by atoms with Crippen LogP contribution in [-0.4, -0.2) is 57.7 Å². The molecule has 0 unspecified atom stereocenters. The zero-order valence-electron chi connectivity index (χ0n) is 17.2. The highest BCUT2D eigenvalue weighted by Gasteiger charge is 2.28. The minimum atomic E-state index is -0.121. The maximum Gasteiger partial charge on any atom is 0.279 e. The van der Waals surface area contributed by atoms with E-state index in [1.54, 1.807) is 6.20 Å². The van der Waals surface area contributed by atoms with E-state index in [9.17, 15) is 9.59 Å². The molecule has 156 valence electrons. The lowest BCUT2D eigenvalue weighted by Gasteiger charge is -2.36. The average molecular weight is 406 g/mol. The number of amides is 1. The molecule has 2 aliphatic heterocycles. The van der Waals surface area contributed by atoms with Gasteiger partial charge in [0.1, 0.15) is 5.56 Å². The molecule has 0 aliphatic carbocycles. The highest BCUT2D eigenvalue weighted by atomic mass is 16.2. The van der Waals surface area contributed by atoms with Crippen molar-refractivity contribution in [2.24, 2.45) is 0 Å². The van der Waals surface area contributed by atoms with E-state index >= 15 is 0 Å². The molecule has 3 aromatic rings. The number of piperazine rings is 1. The third-order valence-corrected chi connectivity index (χ3v) is 6.20. The summed E-state index contributed by atoms with van der Waals surface area (Å²) < 4.78 is 3.50. The van der Waals surface area contributed by atoms with Crippen molar-refractivity contribution in [3.8, 4) is 0 Å². The van der Waals surface area contributed by atoms with E-state index in [0.29, 0.717) is 37.4 Å². The van der Waals surface area contributed by atoms with Crippen molar-refractivity contribution in [1.82, 2.24) is 24.4 Å². The maximum absolute atomic E-state index is 13.4. The van der Waals surface area contributed by atoms with Crippen LogP contribution in [0.1, 0.15) is 28.5 Å². The second-order valence-corrected chi connectivity index (χ2v) is 7.81. The first kappa shape index (κ1) is 18.9. The highest BCUT2D eigenvalue weighted by molar-refractivity contribution is 6.00. The van der Waals surface area contributed by atoms with Crippen LogP contribution in [-0.2, 0) is 19.5 Å². The predicted molar refractivity (Wildman–Crippen MR) is 115 cm³/mol. The minimum Gasteiger partial charge on any atom is -0.368 e. The number of anilines is 1. The second-order valence-electron chi connectivity index (χ2n) is 7.81. The SMILES string of the molecule is CCn1c2c(c(=O)n3ncc(C(=O)N4CCN(c5ccccc5)CC4)c13)CNCC2. The summed E-state index contributed by atoms with van der Waals surface area (Å²) in [6.07, 6.45) is 2.34. The van der Waals surface area contributed by atoms with Gasteiger partial charge in [-0.25, -0.2) is 0 Å². The van der Waals surface area contributed by atoms with Gasteiger partial charge in [0.25, 0.3) is 11.5 Å². The van der Waals surface area contributed by atoms with Crippen LogP contribution in [0.3, 0.4) is 0 Å². The van der Waals surface area contributed by atoms with Gasteiger partial charge in [0.15, 0.2) is 5.65 Å². The van der Waals surface area contributed by atoms with E-state index in [1.807, 2.05) is 30.0 Å². The Hall–Kier alpha value is -3.13. The Bertz CT molecular complexity index is 1140. The first-order valence-corrected chi connectivity index (χ1v) is 10.6. The van der Waals surface area contributed by atoms with Gasteiger partial charge >= 0.3 is 0 Å². The van der Waals surface area contributed by atoms with E-state index < -0.39 is 0 Å². The van der Waals surface area contributed by atoms with E-state index in [2.05, 4.69) is 32.0 Å². The molecule has 1 N–H and O–H groups in total. The highest BCUT2D eigenvalue weighted by Crippen LogP contribution is 2.21. The molecule has 4 heterocycles. The van der Waals surface area contributed by atoms with Gasteiger partial charge in [-0.1, -0.05) is 18.2 Å². The van der Waals surface area contributed by atoms with Crippen molar-refractivity contribution < 1.29 is 4.79 Å². The van der Waals surface area contributed by atoms with Gasteiger partial charge in [0.05, 0.1) is 11.8 Å². The van der Waals surface area contributed by atoms with Gasteiger partial charge in [-0.3, -0.25) is 9.59 Å². The Labute approximate surface area is 174 Å².